The average molecular weight is 189 g/mol. The first-order valence-corrected chi connectivity index (χ1v) is 5.42. The zero-order chi connectivity index (χ0) is 9.38. The molecule has 0 N–H and O–H groups in total. The Morgan fingerprint density at radius 1 is 1.14 bits per heavy atom. The fraction of sp³-hybridized carbons (Fsp3) is 0.636. The van der Waals surface area contributed by atoms with Gasteiger partial charge in [0.05, 0.1) is 0 Å². The van der Waals surface area contributed by atoms with Gasteiger partial charge in [0, 0.05) is 24.0 Å². The fourth-order valence-corrected chi connectivity index (χ4v) is 2.79. The molecule has 3 fully saturated rings. The molecule has 1 aromatic heterocycles. The molecular formula is C11H15N3. The van der Waals surface area contributed by atoms with E-state index in [9.17, 15) is 0 Å². The van der Waals surface area contributed by atoms with E-state index in [2.05, 4.69) is 14.9 Å². The normalized spacial score (nSPS) is 35.9. The van der Waals surface area contributed by atoms with Crippen molar-refractivity contribution in [3.8, 4) is 0 Å². The third-order valence-electron chi connectivity index (χ3n) is 3.61. The van der Waals surface area contributed by atoms with Gasteiger partial charge in [-0.25, -0.2) is 9.97 Å². The van der Waals surface area contributed by atoms with Crippen LogP contribution < -0.4 is 0 Å². The highest BCUT2D eigenvalue weighted by Gasteiger charge is 2.34. The quantitative estimate of drug-likeness (QED) is 0.672. The number of nitrogens with zero attached hydrogens (tertiary/aromatic N) is 3. The van der Waals surface area contributed by atoms with Crippen molar-refractivity contribution >= 4 is 0 Å². The predicted octanol–water partition coefficient (Wildman–Crippen LogP) is 1.63. The molecular weight excluding hydrogens is 174 g/mol. The molecule has 3 saturated heterocycles. The van der Waals surface area contributed by atoms with E-state index >= 15 is 0 Å². The van der Waals surface area contributed by atoms with Crippen molar-refractivity contribution in [2.75, 3.05) is 13.1 Å². The summed E-state index contributed by atoms with van der Waals surface area (Å²) in [5.74, 6) is 0.949. The SMILES string of the molecule is c1ncc(C2CC3CCN2CC3)cn1. The highest BCUT2D eigenvalue weighted by atomic mass is 15.2. The van der Waals surface area contributed by atoms with Crippen molar-refractivity contribution in [1.82, 2.24) is 14.9 Å². The molecule has 0 saturated carbocycles. The maximum absolute atomic E-state index is 4.11. The van der Waals surface area contributed by atoms with Crippen molar-refractivity contribution in [2.45, 2.75) is 25.3 Å². The van der Waals surface area contributed by atoms with Crippen LogP contribution in [0.25, 0.3) is 0 Å². The van der Waals surface area contributed by atoms with Gasteiger partial charge in [0.2, 0.25) is 0 Å². The molecule has 3 heteroatoms. The summed E-state index contributed by atoms with van der Waals surface area (Å²) in [4.78, 5) is 10.8. The molecule has 4 heterocycles. The number of rotatable bonds is 1. The monoisotopic (exact) mass is 189 g/mol. The lowest BCUT2D eigenvalue weighted by Crippen LogP contribution is -2.43. The lowest BCUT2D eigenvalue weighted by molar-refractivity contribution is 0.0487. The molecule has 1 aromatic rings. The Morgan fingerprint density at radius 2 is 1.86 bits per heavy atom. The van der Waals surface area contributed by atoms with Crippen LogP contribution in [0.4, 0.5) is 0 Å². The molecule has 0 radical (unpaired) electrons. The second-order valence-electron chi connectivity index (χ2n) is 4.40. The Hall–Kier alpha value is -0.960. The van der Waals surface area contributed by atoms with E-state index in [0.717, 1.165) is 5.92 Å². The van der Waals surface area contributed by atoms with E-state index in [1.807, 2.05) is 12.4 Å². The zero-order valence-corrected chi connectivity index (χ0v) is 8.26. The van der Waals surface area contributed by atoms with E-state index in [1.54, 1.807) is 6.33 Å². The predicted molar refractivity (Wildman–Crippen MR) is 53.7 cm³/mol. The van der Waals surface area contributed by atoms with Crippen LogP contribution in [0.15, 0.2) is 18.7 Å². The van der Waals surface area contributed by atoms with Gasteiger partial charge in [-0.15, -0.1) is 0 Å². The summed E-state index contributed by atoms with van der Waals surface area (Å²) >= 11 is 0. The van der Waals surface area contributed by atoms with Crippen molar-refractivity contribution in [1.29, 1.82) is 0 Å². The molecule has 74 valence electrons. The molecule has 3 nitrogen and oxygen atoms in total. The van der Waals surface area contributed by atoms with Crippen LogP contribution in [0.3, 0.4) is 0 Å². The summed E-state index contributed by atoms with van der Waals surface area (Å²) in [6.45, 7) is 2.54. The maximum atomic E-state index is 4.11. The van der Waals surface area contributed by atoms with Gasteiger partial charge in [-0.05, 0) is 38.3 Å². The van der Waals surface area contributed by atoms with Crippen molar-refractivity contribution < 1.29 is 0 Å². The first-order chi connectivity index (χ1) is 6.93. The molecule has 0 aliphatic carbocycles. The summed E-state index contributed by atoms with van der Waals surface area (Å²) in [6, 6.07) is 0.601. The second kappa shape index (κ2) is 3.31. The largest absolute Gasteiger partial charge is 0.296 e. The summed E-state index contributed by atoms with van der Waals surface area (Å²) in [5, 5.41) is 0. The third kappa shape index (κ3) is 1.32. The van der Waals surface area contributed by atoms with Crippen LogP contribution in [0, 0.1) is 5.92 Å². The first kappa shape index (κ1) is 8.36. The van der Waals surface area contributed by atoms with Crippen LogP contribution in [0.5, 0.6) is 0 Å². The lowest BCUT2D eigenvalue weighted by Gasteiger charge is -2.45. The van der Waals surface area contributed by atoms with Crippen LogP contribution in [0.1, 0.15) is 30.9 Å². The summed E-state index contributed by atoms with van der Waals surface area (Å²) in [5.41, 5.74) is 1.30. The number of aromatic nitrogens is 2. The van der Waals surface area contributed by atoms with E-state index < -0.39 is 0 Å². The average Bonchev–Trinajstić information content (AvgIpc) is 2.32. The van der Waals surface area contributed by atoms with E-state index in [-0.39, 0.29) is 0 Å². The molecule has 4 rings (SSSR count). The van der Waals surface area contributed by atoms with E-state index in [0.29, 0.717) is 6.04 Å². The maximum Gasteiger partial charge on any atom is 0.115 e. The van der Waals surface area contributed by atoms with E-state index in [4.69, 9.17) is 0 Å². The minimum atomic E-state index is 0.601. The van der Waals surface area contributed by atoms with Crippen LogP contribution >= 0.6 is 0 Å². The number of hydrogen-bond acceptors (Lipinski definition) is 3. The van der Waals surface area contributed by atoms with Gasteiger partial charge in [0.15, 0.2) is 0 Å². The fourth-order valence-electron chi connectivity index (χ4n) is 2.79. The molecule has 0 spiro atoms. The Bertz CT molecular complexity index is 304. The molecule has 0 amide bonds. The number of piperidine rings is 3. The molecule has 1 atom stereocenters. The Balaban J connectivity index is 1.86. The van der Waals surface area contributed by atoms with Crippen LogP contribution in [-0.4, -0.2) is 28.0 Å². The Morgan fingerprint density at radius 3 is 2.43 bits per heavy atom. The molecule has 2 bridgehead atoms. The Kier molecular flexibility index (Phi) is 1.98. The van der Waals surface area contributed by atoms with Crippen molar-refractivity contribution in [3.05, 3.63) is 24.3 Å². The first-order valence-electron chi connectivity index (χ1n) is 5.42. The van der Waals surface area contributed by atoms with Gasteiger partial charge in [0.25, 0.3) is 0 Å². The number of hydrogen-bond donors (Lipinski definition) is 0. The van der Waals surface area contributed by atoms with Gasteiger partial charge in [-0.1, -0.05) is 0 Å². The highest BCUT2D eigenvalue weighted by Crippen LogP contribution is 2.39. The van der Waals surface area contributed by atoms with Gasteiger partial charge in [-0.2, -0.15) is 0 Å². The van der Waals surface area contributed by atoms with Crippen molar-refractivity contribution in [2.24, 2.45) is 5.92 Å². The standard InChI is InChI=1S/C11H15N3/c1-3-14-4-2-9(1)5-11(14)10-6-12-8-13-7-10/h6-9,11H,1-5H2. The van der Waals surface area contributed by atoms with Gasteiger partial charge >= 0.3 is 0 Å². The van der Waals surface area contributed by atoms with Gasteiger partial charge < -0.3 is 0 Å². The second-order valence-corrected chi connectivity index (χ2v) is 4.40. The minimum absolute atomic E-state index is 0.601. The van der Waals surface area contributed by atoms with E-state index in [1.165, 1.54) is 37.9 Å². The smallest absolute Gasteiger partial charge is 0.115 e. The van der Waals surface area contributed by atoms with Crippen LogP contribution in [-0.2, 0) is 0 Å². The highest BCUT2D eigenvalue weighted by molar-refractivity contribution is 5.12. The molecule has 3 aliphatic rings. The minimum Gasteiger partial charge on any atom is -0.296 e. The third-order valence-corrected chi connectivity index (χ3v) is 3.61. The topological polar surface area (TPSA) is 29.0 Å². The lowest BCUT2D eigenvalue weighted by atomic mass is 9.81. The van der Waals surface area contributed by atoms with Gasteiger partial charge in [0.1, 0.15) is 6.33 Å². The summed E-state index contributed by atoms with van der Waals surface area (Å²) in [7, 11) is 0. The molecule has 3 aliphatic heterocycles. The molecule has 1 unspecified atom stereocenters. The zero-order valence-electron chi connectivity index (χ0n) is 8.26. The summed E-state index contributed by atoms with van der Waals surface area (Å²) < 4.78 is 0. The number of fused-ring (bicyclic) bond motifs is 3. The van der Waals surface area contributed by atoms with Crippen LogP contribution in [0.2, 0.25) is 0 Å². The van der Waals surface area contributed by atoms with Crippen molar-refractivity contribution in [3.63, 3.8) is 0 Å². The molecule has 14 heavy (non-hydrogen) atoms. The summed E-state index contributed by atoms with van der Waals surface area (Å²) in [6.07, 6.45) is 9.65. The molecule has 0 aromatic carbocycles. The van der Waals surface area contributed by atoms with Gasteiger partial charge in [-0.3, -0.25) is 4.90 Å². The Labute approximate surface area is 84.2 Å².